The van der Waals surface area contributed by atoms with E-state index in [0.717, 1.165) is 22.5 Å². The predicted molar refractivity (Wildman–Crippen MR) is 83.1 cm³/mol. The highest BCUT2D eigenvalue weighted by Crippen LogP contribution is 2.30. The van der Waals surface area contributed by atoms with E-state index in [4.69, 9.17) is 21.4 Å². The normalized spacial score (nSPS) is 15.9. The Labute approximate surface area is 123 Å². The maximum Gasteiger partial charge on any atom is 0.176 e. The van der Waals surface area contributed by atoms with E-state index in [1.54, 1.807) is 7.11 Å². The van der Waals surface area contributed by atoms with Crippen LogP contribution in [0.4, 0.5) is 0 Å². The molecule has 2 aromatic rings. The van der Waals surface area contributed by atoms with Gasteiger partial charge in [-0.25, -0.2) is 0 Å². The summed E-state index contributed by atoms with van der Waals surface area (Å²) in [6.45, 7) is 2.03. The van der Waals surface area contributed by atoms with E-state index in [1.807, 2.05) is 31.2 Å². The van der Waals surface area contributed by atoms with Gasteiger partial charge in [-0.3, -0.25) is 0 Å². The lowest BCUT2D eigenvalue weighted by Crippen LogP contribution is -2.37. The summed E-state index contributed by atoms with van der Waals surface area (Å²) in [6, 6.07) is 8.46. The fourth-order valence-electron chi connectivity index (χ4n) is 2.15. The number of fused-ring (bicyclic) bond motifs is 1. The van der Waals surface area contributed by atoms with Crippen molar-refractivity contribution in [2.45, 2.75) is 31.8 Å². The minimum absolute atomic E-state index is 0.0193. The third-order valence-corrected chi connectivity index (χ3v) is 3.67. The van der Waals surface area contributed by atoms with Crippen molar-refractivity contribution in [3.63, 3.8) is 0 Å². The smallest absolute Gasteiger partial charge is 0.176 e. The number of hydrogen-bond donors (Lipinski definition) is 2. The first-order valence-electron chi connectivity index (χ1n) is 6.81. The fraction of sp³-hybridized carbons (Fsp3) is 0.400. The molecule has 3 rings (SSSR count). The molecule has 0 spiro atoms. The van der Waals surface area contributed by atoms with Crippen molar-refractivity contribution in [2.24, 2.45) is 0 Å². The van der Waals surface area contributed by atoms with E-state index < -0.39 is 0 Å². The first kappa shape index (κ1) is 13.2. The van der Waals surface area contributed by atoms with E-state index in [9.17, 15) is 0 Å². The fourth-order valence-corrected chi connectivity index (χ4v) is 2.50. The molecule has 2 N–H and O–H groups in total. The molecule has 1 aliphatic carbocycles. The average Bonchev–Trinajstić information content (AvgIpc) is 3.12. The summed E-state index contributed by atoms with van der Waals surface area (Å²) >= 11 is 5.29. The van der Waals surface area contributed by atoms with Crippen molar-refractivity contribution in [3.8, 4) is 5.75 Å². The molecule has 0 aliphatic heterocycles. The lowest BCUT2D eigenvalue weighted by molar-refractivity contribution is 0.404. The minimum atomic E-state index is 0.0193. The second-order valence-corrected chi connectivity index (χ2v) is 5.55. The first-order chi connectivity index (χ1) is 9.67. The summed E-state index contributed by atoms with van der Waals surface area (Å²) in [4.78, 5) is 0. The number of benzene rings is 1. The van der Waals surface area contributed by atoms with Crippen LogP contribution in [-0.4, -0.2) is 18.3 Å². The highest BCUT2D eigenvalue weighted by Gasteiger charge is 2.23. The molecule has 20 heavy (non-hydrogen) atoms. The molecule has 1 aromatic heterocycles. The van der Waals surface area contributed by atoms with E-state index in [0.29, 0.717) is 11.2 Å². The lowest BCUT2D eigenvalue weighted by atomic mass is 10.2. The van der Waals surface area contributed by atoms with Crippen molar-refractivity contribution >= 4 is 28.3 Å². The molecule has 1 aromatic carbocycles. The van der Waals surface area contributed by atoms with Crippen molar-refractivity contribution in [3.05, 3.63) is 30.0 Å². The van der Waals surface area contributed by atoms with Crippen LogP contribution < -0.4 is 15.4 Å². The van der Waals surface area contributed by atoms with Gasteiger partial charge in [-0.15, -0.1) is 0 Å². The van der Waals surface area contributed by atoms with Gasteiger partial charge in [-0.1, -0.05) is 12.1 Å². The standard InChI is InChI=1S/C15H18N2O2S/c1-9(16-15(20)17-11-6-7-11)13-8-10-4-3-5-12(18-2)14(10)19-13/h3-5,8-9,11H,6-7H2,1-2H3,(H2,16,17,20). The third kappa shape index (κ3) is 2.72. The van der Waals surface area contributed by atoms with Gasteiger partial charge in [0.2, 0.25) is 0 Å². The Morgan fingerprint density at radius 3 is 2.95 bits per heavy atom. The summed E-state index contributed by atoms with van der Waals surface area (Å²) in [7, 11) is 1.65. The van der Waals surface area contributed by atoms with Crippen LogP contribution in [0.2, 0.25) is 0 Å². The van der Waals surface area contributed by atoms with Crippen LogP contribution in [0, 0.1) is 0 Å². The summed E-state index contributed by atoms with van der Waals surface area (Å²) in [5, 5.41) is 8.24. The quantitative estimate of drug-likeness (QED) is 0.847. The Kier molecular flexibility index (Phi) is 3.53. The molecule has 1 heterocycles. The van der Waals surface area contributed by atoms with Crippen molar-refractivity contribution < 1.29 is 9.15 Å². The Morgan fingerprint density at radius 2 is 2.25 bits per heavy atom. The first-order valence-corrected chi connectivity index (χ1v) is 7.21. The Balaban J connectivity index is 1.76. The van der Waals surface area contributed by atoms with Gasteiger partial charge >= 0.3 is 0 Å². The number of hydrogen-bond acceptors (Lipinski definition) is 3. The summed E-state index contributed by atoms with van der Waals surface area (Å²) < 4.78 is 11.2. The van der Waals surface area contributed by atoms with Crippen molar-refractivity contribution in [1.29, 1.82) is 0 Å². The monoisotopic (exact) mass is 290 g/mol. The van der Waals surface area contributed by atoms with Crippen LogP contribution in [0.3, 0.4) is 0 Å². The number of furan rings is 1. The van der Waals surface area contributed by atoms with Crippen LogP contribution >= 0.6 is 12.2 Å². The van der Waals surface area contributed by atoms with Crippen molar-refractivity contribution in [1.82, 2.24) is 10.6 Å². The number of nitrogens with one attached hydrogen (secondary N) is 2. The number of rotatable bonds is 4. The number of methoxy groups -OCH3 is 1. The van der Waals surface area contributed by atoms with E-state index in [1.165, 1.54) is 12.8 Å². The molecule has 1 fully saturated rings. The molecule has 5 heteroatoms. The number of para-hydroxylation sites is 1. The number of thiocarbonyl (C=S) groups is 1. The molecular weight excluding hydrogens is 272 g/mol. The third-order valence-electron chi connectivity index (χ3n) is 3.43. The molecule has 0 radical (unpaired) electrons. The second-order valence-electron chi connectivity index (χ2n) is 5.14. The predicted octanol–water partition coefficient (Wildman–Crippen LogP) is 3.13. The lowest BCUT2D eigenvalue weighted by Gasteiger charge is -2.14. The van der Waals surface area contributed by atoms with Crippen LogP contribution in [-0.2, 0) is 0 Å². The summed E-state index contributed by atoms with van der Waals surface area (Å²) in [5.74, 6) is 1.60. The van der Waals surface area contributed by atoms with E-state index >= 15 is 0 Å². The van der Waals surface area contributed by atoms with Crippen LogP contribution in [0.25, 0.3) is 11.0 Å². The molecule has 1 unspecified atom stereocenters. The van der Waals surface area contributed by atoms with Gasteiger partial charge in [0.05, 0.1) is 13.2 Å². The van der Waals surface area contributed by atoms with Gasteiger partial charge in [-0.05, 0) is 44.1 Å². The molecule has 106 valence electrons. The zero-order valence-electron chi connectivity index (χ0n) is 11.6. The van der Waals surface area contributed by atoms with Crippen LogP contribution in [0.5, 0.6) is 5.75 Å². The Hall–Kier alpha value is -1.75. The largest absolute Gasteiger partial charge is 0.493 e. The molecule has 0 bridgehead atoms. The summed E-state index contributed by atoms with van der Waals surface area (Å²) in [6.07, 6.45) is 2.41. The molecule has 1 atom stereocenters. The van der Waals surface area contributed by atoms with Crippen molar-refractivity contribution in [2.75, 3.05) is 7.11 Å². The van der Waals surface area contributed by atoms with Gasteiger partial charge in [0, 0.05) is 11.4 Å². The molecule has 0 amide bonds. The minimum Gasteiger partial charge on any atom is -0.493 e. The zero-order chi connectivity index (χ0) is 14.1. The molecule has 4 nitrogen and oxygen atoms in total. The maximum absolute atomic E-state index is 5.90. The molecule has 1 saturated carbocycles. The van der Waals surface area contributed by atoms with E-state index in [2.05, 4.69) is 10.6 Å². The topological polar surface area (TPSA) is 46.4 Å². The van der Waals surface area contributed by atoms with Crippen LogP contribution in [0.15, 0.2) is 28.7 Å². The maximum atomic E-state index is 5.90. The molecule has 0 saturated heterocycles. The zero-order valence-corrected chi connectivity index (χ0v) is 12.4. The summed E-state index contributed by atoms with van der Waals surface area (Å²) in [5.41, 5.74) is 0.778. The van der Waals surface area contributed by atoms with Gasteiger partial charge < -0.3 is 19.8 Å². The van der Waals surface area contributed by atoms with Gasteiger partial charge in [-0.2, -0.15) is 0 Å². The highest BCUT2D eigenvalue weighted by molar-refractivity contribution is 7.80. The highest BCUT2D eigenvalue weighted by atomic mass is 32.1. The average molecular weight is 290 g/mol. The Morgan fingerprint density at radius 1 is 1.45 bits per heavy atom. The Bertz CT molecular complexity index is 634. The SMILES string of the molecule is COc1cccc2cc(C(C)NC(=S)NC3CC3)oc12. The second kappa shape index (κ2) is 5.32. The molecular formula is C15H18N2O2S. The van der Waals surface area contributed by atoms with Gasteiger partial charge in [0.25, 0.3) is 0 Å². The van der Waals surface area contributed by atoms with Gasteiger partial charge in [0.1, 0.15) is 5.76 Å². The van der Waals surface area contributed by atoms with Crippen LogP contribution in [0.1, 0.15) is 31.6 Å². The molecule has 1 aliphatic rings. The number of ether oxygens (including phenoxy) is 1. The van der Waals surface area contributed by atoms with E-state index in [-0.39, 0.29) is 6.04 Å². The van der Waals surface area contributed by atoms with Gasteiger partial charge in [0.15, 0.2) is 16.4 Å².